The fourth-order valence-corrected chi connectivity index (χ4v) is 5.97. The highest BCUT2D eigenvalue weighted by Crippen LogP contribution is 2.39. The summed E-state index contributed by atoms with van der Waals surface area (Å²) in [4.78, 5) is 21.5. The third-order valence-corrected chi connectivity index (χ3v) is 8.82. The normalized spacial score (nSPS) is 16.8. The molecule has 0 bridgehead atoms. The zero-order valence-corrected chi connectivity index (χ0v) is 25.6. The summed E-state index contributed by atoms with van der Waals surface area (Å²) in [5, 5.41) is 1.52. The molecule has 15 heteroatoms. The van der Waals surface area contributed by atoms with E-state index < -0.39 is 41.6 Å². The van der Waals surface area contributed by atoms with Gasteiger partial charge in [0.15, 0.2) is 16.7 Å². The number of anilines is 1. The number of thioether (sulfide) groups is 1. The second-order valence-corrected chi connectivity index (χ2v) is 11.8. The summed E-state index contributed by atoms with van der Waals surface area (Å²) < 4.78 is 90.4. The van der Waals surface area contributed by atoms with Gasteiger partial charge in [-0.15, -0.1) is 0 Å². The highest BCUT2D eigenvalue weighted by atomic mass is 35.5. The number of alkyl halides is 6. The molecular weight excluding hydrogens is 667 g/mol. The molecule has 0 aliphatic carbocycles. The molecule has 3 aromatic rings. The van der Waals surface area contributed by atoms with Crippen LogP contribution < -0.4 is 14.4 Å². The fourth-order valence-electron chi connectivity index (χ4n) is 4.71. The molecule has 45 heavy (non-hydrogen) atoms. The molecule has 1 amide bonds. The minimum Gasteiger partial charge on any atom is -0.493 e. The van der Waals surface area contributed by atoms with E-state index in [2.05, 4.69) is 9.89 Å². The molecule has 0 N–H and O–H groups in total. The number of carbonyl (C=O) groups excluding carboxylic acids is 1. The van der Waals surface area contributed by atoms with Gasteiger partial charge >= 0.3 is 12.4 Å². The molecule has 2 heterocycles. The van der Waals surface area contributed by atoms with Crippen LogP contribution in [-0.2, 0) is 23.8 Å². The Kier molecular flexibility index (Phi) is 9.52. The quantitative estimate of drug-likeness (QED) is 0.191. The molecule has 2 aliphatic heterocycles. The lowest BCUT2D eigenvalue weighted by Gasteiger charge is -2.36. The Hall–Kier alpha value is -3.55. The number of nitrogens with zero attached hydrogens (tertiary/aromatic N) is 3. The molecule has 5 rings (SSSR count). The van der Waals surface area contributed by atoms with Crippen molar-refractivity contribution in [2.75, 3.05) is 38.2 Å². The van der Waals surface area contributed by atoms with E-state index in [1.165, 1.54) is 31.0 Å². The predicted molar refractivity (Wildman–Crippen MR) is 162 cm³/mol. The molecule has 1 saturated heterocycles. The van der Waals surface area contributed by atoms with Crippen molar-refractivity contribution in [3.63, 3.8) is 0 Å². The Morgan fingerprint density at radius 2 is 1.58 bits per heavy atom. The zero-order chi connectivity index (χ0) is 32.5. The number of piperazine rings is 1. The SMILES string of the molecule is COc1cc(/C=C2\SC(N3CCN(c4ccc(Cl)c(Cl)c4)CC3)=NC2=O)ccc1OCc1ccc(C(F)(F)F)cc1C(F)(F)F. The van der Waals surface area contributed by atoms with Gasteiger partial charge in [0.05, 0.1) is 33.2 Å². The van der Waals surface area contributed by atoms with Gasteiger partial charge in [-0.3, -0.25) is 4.79 Å². The standard InChI is InChI=1S/C30H23Cl2F6N3O3S/c1-43-25-12-17(2-7-24(25)44-16-18-3-4-19(29(33,34)35)14-21(18)30(36,37)38)13-26-27(42)39-28(45-26)41-10-8-40(9-11-41)20-5-6-22(31)23(32)15-20/h2-7,12-15H,8-11,16H2,1H3/b26-13-. The molecule has 0 spiro atoms. The first-order valence-corrected chi connectivity index (χ1v) is 14.9. The van der Waals surface area contributed by atoms with Crippen molar-refractivity contribution in [3.05, 3.63) is 91.8 Å². The van der Waals surface area contributed by atoms with E-state index in [0.29, 0.717) is 57.9 Å². The largest absolute Gasteiger partial charge is 0.493 e. The van der Waals surface area contributed by atoms with Crippen LogP contribution in [0.4, 0.5) is 32.0 Å². The number of amidine groups is 1. The summed E-state index contributed by atoms with van der Waals surface area (Å²) in [7, 11) is 1.33. The highest BCUT2D eigenvalue weighted by molar-refractivity contribution is 8.18. The number of amides is 1. The molecule has 0 aromatic heterocycles. The minimum atomic E-state index is -5.02. The average Bonchev–Trinajstić information content (AvgIpc) is 3.36. The molecular formula is C30H23Cl2F6N3O3S. The smallest absolute Gasteiger partial charge is 0.416 e. The Labute approximate surface area is 268 Å². The van der Waals surface area contributed by atoms with Crippen molar-refractivity contribution in [3.8, 4) is 11.5 Å². The molecule has 1 fully saturated rings. The number of benzene rings is 3. The van der Waals surface area contributed by atoms with Gasteiger partial charge in [-0.25, -0.2) is 0 Å². The fraction of sp³-hybridized carbons (Fsp3) is 0.267. The third kappa shape index (κ3) is 7.64. The zero-order valence-electron chi connectivity index (χ0n) is 23.3. The van der Waals surface area contributed by atoms with Gasteiger partial charge in [0.2, 0.25) is 0 Å². The maximum Gasteiger partial charge on any atom is 0.416 e. The van der Waals surface area contributed by atoms with Gasteiger partial charge in [0.1, 0.15) is 6.61 Å². The van der Waals surface area contributed by atoms with Crippen LogP contribution in [0.1, 0.15) is 22.3 Å². The number of carbonyl (C=O) groups is 1. The first kappa shape index (κ1) is 32.8. The van der Waals surface area contributed by atoms with Crippen molar-refractivity contribution >= 4 is 57.8 Å². The molecule has 0 radical (unpaired) electrons. The van der Waals surface area contributed by atoms with Crippen molar-refractivity contribution in [1.82, 2.24) is 4.90 Å². The molecule has 238 valence electrons. The summed E-state index contributed by atoms with van der Waals surface area (Å²) in [6.45, 7) is 1.96. The summed E-state index contributed by atoms with van der Waals surface area (Å²) in [6, 6.07) is 11.4. The Morgan fingerprint density at radius 3 is 2.22 bits per heavy atom. The van der Waals surface area contributed by atoms with Crippen molar-refractivity contribution in [2.45, 2.75) is 19.0 Å². The summed E-state index contributed by atoms with van der Waals surface area (Å²) >= 11 is 13.4. The van der Waals surface area contributed by atoms with Crippen LogP contribution >= 0.6 is 35.0 Å². The van der Waals surface area contributed by atoms with E-state index in [9.17, 15) is 31.1 Å². The van der Waals surface area contributed by atoms with Gasteiger partial charge in [0.25, 0.3) is 5.91 Å². The number of aliphatic imine (C=N–C) groups is 1. The van der Waals surface area contributed by atoms with Crippen LogP contribution in [0.3, 0.4) is 0 Å². The van der Waals surface area contributed by atoms with Gasteiger partial charge < -0.3 is 19.3 Å². The van der Waals surface area contributed by atoms with Crippen LogP contribution in [0, 0.1) is 0 Å². The maximum absolute atomic E-state index is 13.5. The van der Waals surface area contributed by atoms with Crippen molar-refractivity contribution in [1.29, 1.82) is 0 Å². The topological polar surface area (TPSA) is 54.4 Å². The lowest BCUT2D eigenvalue weighted by atomic mass is 10.0. The number of ether oxygens (including phenoxy) is 2. The van der Waals surface area contributed by atoms with E-state index in [1.807, 2.05) is 17.0 Å². The van der Waals surface area contributed by atoms with Crippen molar-refractivity contribution < 1.29 is 40.6 Å². The van der Waals surface area contributed by atoms with Gasteiger partial charge in [-0.1, -0.05) is 35.3 Å². The Morgan fingerprint density at radius 1 is 0.867 bits per heavy atom. The molecule has 0 unspecified atom stereocenters. The van der Waals surface area contributed by atoms with Crippen LogP contribution in [0.25, 0.3) is 6.08 Å². The molecule has 0 atom stereocenters. The predicted octanol–water partition coefficient (Wildman–Crippen LogP) is 8.41. The van der Waals surface area contributed by atoms with Gasteiger partial charge in [-0.05, 0) is 65.9 Å². The number of rotatable bonds is 6. The minimum absolute atomic E-state index is 0.0629. The number of hydrogen-bond acceptors (Lipinski definition) is 6. The maximum atomic E-state index is 13.5. The Bertz CT molecular complexity index is 1670. The van der Waals surface area contributed by atoms with E-state index in [0.717, 1.165) is 11.8 Å². The second-order valence-electron chi connectivity index (χ2n) is 9.95. The summed E-state index contributed by atoms with van der Waals surface area (Å²) in [5.41, 5.74) is -1.84. The monoisotopic (exact) mass is 689 g/mol. The van der Waals surface area contributed by atoms with E-state index in [-0.39, 0.29) is 17.6 Å². The van der Waals surface area contributed by atoms with E-state index in [1.54, 1.807) is 18.2 Å². The first-order chi connectivity index (χ1) is 21.2. The molecule has 3 aromatic carbocycles. The number of halogens is 8. The van der Waals surface area contributed by atoms with E-state index >= 15 is 0 Å². The number of methoxy groups -OCH3 is 1. The van der Waals surface area contributed by atoms with Gasteiger partial charge in [0, 0.05) is 37.4 Å². The van der Waals surface area contributed by atoms with Crippen LogP contribution in [0.5, 0.6) is 11.5 Å². The molecule has 6 nitrogen and oxygen atoms in total. The second kappa shape index (κ2) is 13.1. The molecule has 2 aliphatic rings. The first-order valence-electron chi connectivity index (χ1n) is 13.3. The summed E-state index contributed by atoms with van der Waals surface area (Å²) in [6.07, 6.45) is -8.34. The van der Waals surface area contributed by atoms with Gasteiger partial charge in [-0.2, -0.15) is 31.3 Å². The highest BCUT2D eigenvalue weighted by Gasteiger charge is 2.38. The van der Waals surface area contributed by atoms with Crippen molar-refractivity contribution in [2.24, 2.45) is 4.99 Å². The van der Waals surface area contributed by atoms with Crippen LogP contribution in [-0.4, -0.2) is 49.3 Å². The van der Waals surface area contributed by atoms with E-state index in [4.69, 9.17) is 32.7 Å². The third-order valence-electron chi connectivity index (χ3n) is 7.04. The molecule has 0 saturated carbocycles. The average molecular weight is 690 g/mol. The lowest BCUT2D eigenvalue weighted by molar-refractivity contribution is -0.143. The summed E-state index contributed by atoms with van der Waals surface area (Å²) in [5.74, 6) is -0.196. The Balaban J connectivity index is 1.24. The van der Waals surface area contributed by atoms with Crippen LogP contribution in [0.15, 0.2) is 64.5 Å². The van der Waals surface area contributed by atoms with Crippen LogP contribution in [0.2, 0.25) is 10.0 Å². The number of hydrogen-bond donors (Lipinski definition) is 0. The lowest BCUT2D eigenvalue weighted by Crippen LogP contribution is -2.47.